The Bertz CT molecular complexity index is 929. The first-order chi connectivity index (χ1) is 24.4. The third kappa shape index (κ3) is 22.2. The molecule has 0 heterocycles. The van der Waals surface area contributed by atoms with Gasteiger partial charge in [-0.15, -0.1) is 0 Å². The second-order valence-electron chi connectivity index (χ2n) is 16.5. The average Bonchev–Trinajstić information content (AvgIpc) is 3.09. The molecular weight excluding hydrogens is 648 g/mol. The Kier molecular flexibility index (Phi) is 24.0. The van der Waals surface area contributed by atoms with E-state index in [4.69, 9.17) is 18.9 Å². The molecule has 10 heteroatoms. The van der Waals surface area contributed by atoms with Gasteiger partial charge < -0.3 is 33.9 Å². The predicted octanol–water partition coefficient (Wildman–Crippen LogP) is 7.25. The number of rotatable bonds is 27. The standard InChI is InChI=1S/C41H76N2O8/c1-32(2)10-7-12-34-14-18-36(19-15-34)40(46)50-30-28-48-38(44)22-26-43(25-9-24-42(5)6)27-23-39(45)49-29-31-51-41(47)37-20-16-35(17-21-37)13-8-11-33(3)4/h32-38,44H,7-31H2,1-6H3. The highest BCUT2D eigenvalue weighted by atomic mass is 16.6. The first-order valence-corrected chi connectivity index (χ1v) is 20.6. The van der Waals surface area contributed by atoms with Gasteiger partial charge in [0.2, 0.25) is 0 Å². The largest absolute Gasteiger partial charge is 0.463 e. The summed E-state index contributed by atoms with van der Waals surface area (Å²) < 4.78 is 21.8. The minimum atomic E-state index is -0.983. The second-order valence-corrected chi connectivity index (χ2v) is 16.5. The van der Waals surface area contributed by atoms with Crippen molar-refractivity contribution in [2.45, 2.75) is 143 Å². The first kappa shape index (κ1) is 45.4. The minimum absolute atomic E-state index is 0.0206. The Morgan fingerprint density at radius 1 is 0.608 bits per heavy atom. The van der Waals surface area contributed by atoms with Crippen molar-refractivity contribution in [2.24, 2.45) is 35.5 Å². The highest BCUT2D eigenvalue weighted by molar-refractivity contribution is 5.73. The fraction of sp³-hybridized carbons (Fsp3) is 0.927. The zero-order valence-corrected chi connectivity index (χ0v) is 33.4. The number of aliphatic hydroxyl groups is 1. The minimum Gasteiger partial charge on any atom is -0.463 e. The Morgan fingerprint density at radius 2 is 1.10 bits per heavy atom. The maximum atomic E-state index is 12.6. The quantitative estimate of drug-likeness (QED) is 0.0402. The molecule has 51 heavy (non-hydrogen) atoms. The number of ether oxygens (including phenoxy) is 4. The number of nitrogens with zero attached hydrogens (tertiary/aromatic N) is 2. The Morgan fingerprint density at radius 3 is 1.59 bits per heavy atom. The number of carbonyl (C=O) groups excluding carboxylic acids is 3. The molecule has 0 saturated heterocycles. The molecule has 0 radical (unpaired) electrons. The summed E-state index contributed by atoms with van der Waals surface area (Å²) in [5.41, 5.74) is 0. The second kappa shape index (κ2) is 26.9. The van der Waals surface area contributed by atoms with Crippen molar-refractivity contribution >= 4 is 17.9 Å². The molecule has 1 unspecified atom stereocenters. The topological polar surface area (TPSA) is 115 Å². The molecule has 1 N–H and O–H groups in total. The van der Waals surface area contributed by atoms with E-state index in [1.165, 1.54) is 38.5 Å². The van der Waals surface area contributed by atoms with Gasteiger partial charge in [0.15, 0.2) is 6.29 Å². The van der Waals surface area contributed by atoms with Crippen LogP contribution in [0.5, 0.6) is 0 Å². The number of aliphatic hydroxyl groups excluding tert-OH is 1. The van der Waals surface area contributed by atoms with E-state index in [1.54, 1.807) is 0 Å². The van der Waals surface area contributed by atoms with E-state index in [1.807, 2.05) is 14.1 Å². The maximum absolute atomic E-state index is 12.6. The van der Waals surface area contributed by atoms with Gasteiger partial charge in [-0.1, -0.05) is 66.2 Å². The molecule has 0 aromatic rings. The Balaban J connectivity index is 1.58. The first-order valence-electron chi connectivity index (χ1n) is 20.6. The molecule has 10 nitrogen and oxygen atoms in total. The van der Waals surface area contributed by atoms with Crippen LogP contribution in [0.25, 0.3) is 0 Å². The van der Waals surface area contributed by atoms with Crippen LogP contribution in [-0.2, 0) is 33.3 Å². The monoisotopic (exact) mass is 725 g/mol. The third-order valence-electron chi connectivity index (χ3n) is 10.8. The molecular formula is C41H76N2O8. The summed E-state index contributed by atoms with van der Waals surface area (Å²) in [6, 6.07) is 0. The Hall–Kier alpha value is -1.75. The lowest BCUT2D eigenvalue weighted by atomic mass is 9.79. The molecule has 2 saturated carbocycles. The van der Waals surface area contributed by atoms with Crippen LogP contribution in [0.4, 0.5) is 0 Å². The van der Waals surface area contributed by atoms with Crippen LogP contribution < -0.4 is 0 Å². The van der Waals surface area contributed by atoms with E-state index in [-0.39, 0.29) is 62.6 Å². The summed E-state index contributed by atoms with van der Waals surface area (Å²) in [7, 11) is 4.05. The molecule has 0 spiro atoms. The van der Waals surface area contributed by atoms with Crippen molar-refractivity contribution < 1.29 is 38.4 Å². The van der Waals surface area contributed by atoms with Crippen LogP contribution in [0.2, 0.25) is 0 Å². The van der Waals surface area contributed by atoms with Gasteiger partial charge in [0, 0.05) is 19.5 Å². The fourth-order valence-corrected chi connectivity index (χ4v) is 7.51. The summed E-state index contributed by atoms with van der Waals surface area (Å²) in [6.45, 7) is 12.2. The van der Waals surface area contributed by atoms with Crippen LogP contribution in [0.3, 0.4) is 0 Å². The highest BCUT2D eigenvalue weighted by Crippen LogP contribution is 2.34. The summed E-state index contributed by atoms with van der Waals surface area (Å²) in [4.78, 5) is 41.9. The molecule has 2 fully saturated rings. The summed E-state index contributed by atoms with van der Waals surface area (Å²) in [5.74, 6) is 2.27. The van der Waals surface area contributed by atoms with Crippen molar-refractivity contribution in [2.75, 3.05) is 66.7 Å². The highest BCUT2D eigenvalue weighted by Gasteiger charge is 2.28. The molecule has 0 aliphatic heterocycles. The van der Waals surface area contributed by atoms with Crippen LogP contribution in [-0.4, -0.2) is 106 Å². The fourth-order valence-electron chi connectivity index (χ4n) is 7.51. The lowest BCUT2D eigenvalue weighted by Gasteiger charge is -2.27. The number of hydrogen-bond donors (Lipinski definition) is 1. The molecule has 0 bridgehead atoms. The molecule has 2 aliphatic rings. The van der Waals surface area contributed by atoms with Gasteiger partial charge in [-0.25, -0.2) is 0 Å². The maximum Gasteiger partial charge on any atom is 0.309 e. The van der Waals surface area contributed by atoms with Crippen molar-refractivity contribution in [3.63, 3.8) is 0 Å². The smallest absolute Gasteiger partial charge is 0.309 e. The Labute approximate surface area is 311 Å². The van der Waals surface area contributed by atoms with Crippen molar-refractivity contribution in [1.29, 1.82) is 0 Å². The number of carbonyl (C=O) groups is 3. The van der Waals surface area contributed by atoms with Crippen LogP contribution >= 0.6 is 0 Å². The van der Waals surface area contributed by atoms with Gasteiger partial charge >= 0.3 is 17.9 Å². The van der Waals surface area contributed by atoms with Gasteiger partial charge in [-0.05, 0) is 109 Å². The molecule has 2 aliphatic carbocycles. The molecule has 298 valence electrons. The van der Waals surface area contributed by atoms with Gasteiger partial charge in [0.1, 0.15) is 19.8 Å². The van der Waals surface area contributed by atoms with Gasteiger partial charge in [-0.3, -0.25) is 14.4 Å². The van der Waals surface area contributed by atoms with E-state index in [0.717, 1.165) is 94.5 Å². The van der Waals surface area contributed by atoms with Crippen LogP contribution in [0.15, 0.2) is 0 Å². The molecule has 1 atom stereocenters. The van der Waals surface area contributed by atoms with E-state index in [9.17, 15) is 19.5 Å². The lowest BCUT2D eigenvalue weighted by molar-refractivity contribution is -0.157. The van der Waals surface area contributed by atoms with Gasteiger partial charge in [0.25, 0.3) is 0 Å². The molecule has 2 rings (SSSR count). The summed E-state index contributed by atoms with van der Waals surface area (Å²) >= 11 is 0. The number of esters is 3. The van der Waals surface area contributed by atoms with E-state index < -0.39 is 6.29 Å². The van der Waals surface area contributed by atoms with Crippen LogP contribution in [0.1, 0.15) is 137 Å². The predicted molar refractivity (Wildman–Crippen MR) is 202 cm³/mol. The van der Waals surface area contributed by atoms with Crippen LogP contribution in [0, 0.1) is 35.5 Å². The molecule has 0 amide bonds. The SMILES string of the molecule is CC(C)CCCC1CCC(C(=O)OCCOC(=O)CCN(CCCN(C)C)CCC(O)OCCOC(=O)C2CCC(CCCC(C)C)CC2)CC1. The van der Waals surface area contributed by atoms with Gasteiger partial charge in [-0.2, -0.15) is 0 Å². The zero-order chi connectivity index (χ0) is 37.4. The zero-order valence-electron chi connectivity index (χ0n) is 33.4. The van der Waals surface area contributed by atoms with E-state index in [2.05, 4.69) is 37.5 Å². The van der Waals surface area contributed by atoms with Crippen molar-refractivity contribution in [1.82, 2.24) is 9.80 Å². The molecule has 0 aromatic carbocycles. The average molecular weight is 725 g/mol. The lowest BCUT2D eigenvalue weighted by Crippen LogP contribution is -2.33. The van der Waals surface area contributed by atoms with E-state index in [0.29, 0.717) is 19.5 Å². The number of hydrogen-bond acceptors (Lipinski definition) is 10. The van der Waals surface area contributed by atoms with Crippen molar-refractivity contribution in [3.8, 4) is 0 Å². The normalized spacial score (nSPS) is 21.7. The van der Waals surface area contributed by atoms with E-state index >= 15 is 0 Å². The molecule has 0 aromatic heterocycles. The summed E-state index contributed by atoms with van der Waals surface area (Å²) in [5, 5.41) is 10.5. The van der Waals surface area contributed by atoms with Gasteiger partial charge in [0.05, 0.1) is 24.9 Å². The third-order valence-corrected chi connectivity index (χ3v) is 10.8. The van der Waals surface area contributed by atoms with Crippen molar-refractivity contribution in [3.05, 3.63) is 0 Å². The summed E-state index contributed by atoms with van der Waals surface area (Å²) in [6.07, 6.45) is 16.1.